The molecule has 0 aromatic heterocycles. The maximum atomic E-state index is 12.5. The van der Waals surface area contributed by atoms with E-state index in [9.17, 15) is 14.4 Å². The molecule has 122 valence electrons. The van der Waals surface area contributed by atoms with E-state index in [1.807, 2.05) is 18.2 Å². The van der Waals surface area contributed by atoms with Crippen molar-refractivity contribution in [1.29, 1.82) is 0 Å². The van der Waals surface area contributed by atoms with E-state index in [0.717, 1.165) is 0 Å². The minimum Gasteiger partial charge on any atom is -0.325 e. The number of rotatable bonds is 5. The van der Waals surface area contributed by atoms with Crippen LogP contribution >= 0.6 is 0 Å². The number of hydrogen-bond donors (Lipinski definition) is 2. The Morgan fingerprint density at radius 2 is 1.29 bits per heavy atom. The van der Waals surface area contributed by atoms with Crippen LogP contribution in [0.2, 0.25) is 0 Å². The third kappa shape index (κ3) is 3.20. The fraction of sp³-hybridized carbons (Fsp3) is 0.211. The van der Waals surface area contributed by atoms with Gasteiger partial charge in [0.2, 0.25) is 11.8 Å². The average molecular weight is 322 g/mol. The summed E-state index contributed by atoms with van der Waals surface area (Å²) in [5.74, 6) is -0.633. The largest absolute Gasteiger partial charge is 0.325 e. The molecule has 1 fully saturated rings. The first-order chi connectivity index (χ1) is 11.5. The monoisotopic (exact) mass is 322 g/mol. The maximum Gasteiger partial charge on any atom is 0.240 e. The number of carbonyl (C=O) groups is 3. The molecule has 0 saturated heterocycles. The zero-order valence-corrected chi connectivity index (χ0v) is 13.3. The molecule has 0 radical (unpaired) electrons. The summed E-state index contributed by atoms with van der Waals surface area (Å²) in [6, 6.07) is 15.7. The molecule has 2 aromatic rings. The van der Waals surface area contributed by atoms with Crippen LogP contribution in [0.3, 0.4) is 0 Å². The lowest BCUT2D eigenvalue weighted by Gasteiger charge is -2.15. The molecule has 5 nitrogen and oxygen atoms in total. The van der Waals surface area contributed by atoms with Crippen molar-refractivity contribution in [2.45, 2.75) is 19.8 Å². The van der Waals surface area contributed by atoms with Gasteiger partial charge in [0.15, 0.2) is 5.78 Å². The molecule has 2 amide bonds. The lowest BCUT2D eigenvalue weighted by Crippen LogP contribution is -2.35. The van der Waals surface area contributed by atoms with Crippen molar-refractivity contribution in [2.75, 3.05) is 10.6 Å². The Kier molecular flexibility index (Phi) is 4.16. The van der Waals surface area contributed by atoms with Gasteiger partial charge >= 0.3 is 0 Å². The highest BCUT2D eigenvalue weighted by Gasteiger charge is 2.56. The van der Waals surface area contributed by atoms with E-state index in [0.29, 0.717) is 29.8 Å². The van der Waals surface area contributed by atoms with Gasteiger partial charge in [-0.05, 0) is 56.2 Å². The van der Waals surface area contributed by atoms with Gasteiger partial charge < -0.3 is 10.6 Å². The molecule has 0 bridgehead atoms. The molecule has 0 aliphatic heterocycles. The molecule has 3 rings (SSSR count). The fourth-order valence-corrected chi connectivity index (χ4v) is 2.49. The number of para-hydroxylation sites is 1. The molecule has 0 unspecified atom stereocenters. The first kappa shape index (κ1) is 15.9. The van der Waals surface area contributed by atoms with Crippen LogP contribution in [0.15, 0.2) is 54.6 Å². The van der Waals surface area contributed by atoms with Gasteiger partial charge in [-0.2, -0.15) is 0 Å². The number of nitrogens with one attached hydrogen (secondary N) is 2. The van der Waals surface area contributed by atoms with Gasteiger partial charge in [0.1, 0.15) is 5.41 Å². The molecule has 1 aliphatic carbocycles. The number of hydrogen-bond acceptors (Lipinski definition) is 3. The highest BCUT2D eigenvalue weighted by molar-refractivity contribution is 6.16. The first-order valence-corrected chi connectivity index (χ1v) is 7.80. The zero-order valence-electron chi connectivity index (χ0n) is 13.3. The van der Waals surface area contributed by atoms with Crippen molar-refractivity contribution >= 4 is 29.0 Å². The van der Waals surface area contributed by atoms with Gasteiger partial charge in [0.05, 0.1) is 0 Å². The molecule has 24 heavy (non-hydrogen) atoms. The molecule has 5 heteroatoms. The summed E-state index contributed by atoms with van der Waals surface area (Å²) in [5, 5.41) is 5.56. The Morgan fingerprint density at radius 3 is 1.75 bits per heavy atom. The van der Waals surface area contributed by atoms with E-state index >= 15 is 0 Å². The Balaban J connectivity index is 1.67. The van der Waals surface area contributed by atoms with Crippen molar-refractivity contribution in [3.05, 3.63) is 60.2 Å². The molecule has 1 aliphatic rings. The van der Waals surface area contributed by atoms with Crippen LogP contribution in [0.1, 0.15) is 30.1 Å². The van der Waals surface area contributed by atoms with Crippen molar-refractivity contribution in [3.63, 3.8) is 0 Å². The van der Waals surface area contributed by atoms with Crippen LogP contribution in [0, 0.1) is 5.41 Å². The third-order valence-corrected chi connectivity index (χ3v) is 4.20. The standard InChI is InChI=1S/C19H18N2O3/c1-13(22)14-7-9-16(10-8-14)21-18(24)19(11-12-19)17(23)20-15-5-3-2-4-6-15/h2-10H,11-12H2,1H3,(H,20,23)(H,21,24). The lowest BCUT2D eigenvalue weighted by atomic mass is 10.0. The topological polar surface area (TPSA) is 75.3 Å². The van der Waals surface area contributed by atoms with Gasteiger partial charge in [0, 0.05) is 16.9 Å². The van der Waals surface area contributed by atoms with Gasteiger partial charge in [-0.15, -0.1) is 0 Å². The lowest BCUT2D eigenvalue weighted by molar-refractivity contribution is -0.131. The second kappa shape index (κ2) is 6.28. The highest BCUT2D eigenvalue weighted by atomic mass is 16.2. The van der Waals surface area contributed by atoms with E-state index in [-0.39, 0.29) is 17.6 Å². The Hall–Kier alpha value is -2.95. The molecular weight excluding hydrogens is 304 g/mol. The number of anilines is 2. The fourth-order valence-electron chi connectivity index (χ4n) is 2.49. The van der Waals surface area contributed by atoms with Crippen molar-refractivity contribution < 1.29 is 14.4 Å². The van der Waals surface area contributed by atoms with E-state index in [2.05, 4.69) is 10.6 Å². The minimum absolute atomic E-state index is 0.0335. The molecule has 1 saturated carbocycles. The predicted molar refractivity (Wildman–Crippen MR) is 91.8 cm³/mol. The van der Waals surface area contributed by atoms with E-state index < -0.39 is 5.41 Å². The molecule has 0 heterocycles. The summed E-state index contributed by atoms with van der Waals surface area (Å²) in [6.07, 6.45) is 1.06. The quantitative estimate of drug-likeness (QED) is 0.655. The van der Waals surface area contributed by atoms with E-state index in [4.69, 9.17) is 0 Å². The van der Waals surface area contributed by atoms with Crippen LogP contribution in [-0.2, 0) is 9.59 Å². The van der Waals surface area contributed by atoms with Crippen molar-refractivity contribution in [3.8, 4) is 0 Å². The first-order valence-electron chi connectivity index (χ1n) is 7.80. The third-order valence-electron chi connectivity index (χ3n) is 4.20. The molecule has 0 spiro atoms. The summed E-state index contributed by atoms with van der Waals surface area (Å²) < 4.78 is 0. The van der Waals surface area contributed by atoms with Crippen molar-refractivity contribution in [1.82, 2.24) is 0 Å². The van der Waals surface area contributed by atoms with Gasteiger partial charge in [-0.1, -0.05) is 18.2 Å². The summed E-state index contributed by atoms with van der Waals surface area (Å²) in [6.45, 7) is 1.49. The zero-order chi connectivity index (χ0) is 17.2. The summed E-state index contributed by atoms with van der Waals surface area (Å²) in [4.78, 5) is 36.2. The van der Waals surface area contributed by atoms with Gasteiger partial charge in [0.25, 0.3) is 0 Å². The summed E-state index contributed by atoms with van der Waals surface area (Å²) in [7, 11) is 0. The van der Waals surface area contributed by atoms with Crippen LogP contribution in [0.25, 0.3) is 0 Å². The Bertz CT molecular complexity index is 778. The second-order valence-corrected chi connectivity index (χ2v) is 5.99. The molecule has 2 aromatic carbocycles. The highest BCUT2D eigenvalue weighted by Crippen LogP contribution is 2.47. The van der Waals surface area contributed by atoms with Crippen molar-refractivity contribution in [2.24, 2.45) is 5.41 Å². The number of amides is 2. The summed E-state index contributed by atoms with van der Waals surface area (Å²) >= 11 is 0. The molecule has 2 N–H and O–H groups in total. The molecule has 0 atom stereocenters. The Morgan fingerprint density at radius 1 is 0.792 bits per heavy atom. The number of ketones is 1. The SMILES string of the molecule is CC(=O)c1ccc(NC(=O)C2(C(=O)Nc3ccccc3)CC2)cc1. The van der Waals surface area contributed by atoms with Crippen LogP contribution in [0.5, 0.6) is 0 Å². The van der Waals surface area contributed by atoms with Crippen LogP contribution in [-0.4, -0.2) is 17.6 Å². The second-order valence-electron chi connectivity index (χ2n) is 5.99. The number of Topliss-reactive ketones (excluding diaryl/α,β-unsaturated/α-hetero) is 1. The van der Waals surface area contributed by atoms with E-state index in [1.165, 1.54) is 6.92 Å². The molecular formula is C19H18N2O3. The Labute approximate surface area is 140 Å². The minimum atomic E-state index is -1.00. The normalized spacial score (nSPS) is 14.5. The van der Waals surface area contributed by atoms with Gasteiger partial charge in [-0.3, -0.25) is 14.4 Å². The smallest absolute Gasteiger partial charge is 0.240 e. The van der Waals surface area contributed by atoms with E-state index in [1.54, 1.807) is 36.4 Å². The average Bonchev–Trinajstić information content (AvgIpc) is 3.38. The van der Waals surface area contributed by atoms with Gasteiger partial charge in [-0.25, -0.2) is 0 Å². The maximum absolute atomic E-state index is 12.5. The number of benzene rings is 2. The van der Waals surface area contributed by atoms with Crippen LogP contribution in [0.4, 0.5) is 11.4 Å². The number of carbonyl (C=O) groups excluding carboxylic acids is 3. The summed E-state index contributed by atoms with van der Waals surface area (Å²) in [5.41, 5.74) is 0.821. The predicted octanol–water partition coefficient (Wildman–Crippen LogP) is 3.25. The van der Waals surface area contributed by atoms with Crippen LogP contribution < -0.4 is 10.6 Å².